The summed E-state index contributed by atoms with van der Waals surface area (Å²) in [5, 5.41) is -0.312. The van der Waals surface area contributed by atoms with E-state index in [1.54, 1.807) is 13.8 Å². The molecule has 1 heterocycles. The van der Waals surface area contributed by atoms with Crippen molar-refractivity contribution in [2.24, 2.45) is 0 Å². The van der Waals surface area contributed by atoms with E-state index in [2.05, 4.69) is 51.9 Å². The number of carbonyl (C=O) groups is 2. The van der Waals surface area contributed by atoms with Gasteiger partial charge < -0.3 is 0 Å². The standard InChI is InChI=1S/C27H24BrO2PS/c1-20(29)25-18-19-26(32-25)27(21(2)30)31(28,22-12-6-3-7-13-22,23-14-8-4-9-15-23)24-16-10-5-11-17-24/h3-19,27H,1-2H3. The molecule has 5 heteroatoms. The van der Waals surface area contributed by atoms with Crippen LogP contribution < -0.4 is 15.9 Å². The van der Waals surface area contributed by atoms with Crippen LogP contribution in [0.2, 0.25) is 0 Å². The molecule has 32 heavy (non-hydrogen) atoms. The molecular formula is C27H24BrO2PS. The molecule has 0 fully saturated rings. The number of halogens is 1. The summed E-state index contributed by atoms with van der Waals surface area (Å²) in [4.78, 5) is 27.3. The average molecular weight is 523 g/mol. The van der Waals surface area contributed by atoms with Gasteiger partial charge in [-0.05, 0) is 0 Å². The van der Waals surface area contributed by atoms with Crippen LogP contribution in [0.3, 0.4) is 0 Å². The molecule has 0 saturated heterocycles. The third-order valence-corrected chi connectivity index (χ3v) is 17.8. The predicted octanol–water partition coefficient (Wildman–Crippen LogP) is 6.42. The monoisotopic (exact) mass is 522 g/mol. The van der Waals surface area contributed by atoms with Gasteiger partial charge in [0.05, 0.1) is 0 Å². The van der Waals surface area contributed by atoms with Crippen molar-refractivity contribution >= 4 is 59.6 Å². The van der Waals surface area contributed by atoms with E-state index in [4.69, 9.17) is 0 Å². The van der Waals surface area contributed by atoms with Crippen molar-refractivity contribution in [3.63, 3.8) is 0 Å². The van der Waals surface area contributed by atoms with Crippen molar-refractivity contribution in [3.05, 3.63) is 113 Å². The topological polar surface area (TPSA) is 34.1 Å². The fourth-order valence-corrected chi connectivity index (χ4v) is 15.6. The van der Waals surface area contributed by atoms with Crippen LogP contribution in [0.4, 0.5) is 0 Å². The fraction of sp³-hybridized carbons (Fsp3) is 0.111. The Morgan fingerprint density at radius 1 is 0.688 bits per heavy atom. The van der Waals surface area contributed by atoms with E-state index in [1.165, 1.54) is 11.3 Å². The van der Waals surface area contributed by atoms with Crippen LogP contribution in [0.5, 0.6) is 0 Å². The Morgan fingerprint density at radius 3 is 1.41 bits per heavy atom. The average Bonchev–Trinajstić information content (AvgIpc) is 3.30. The summed E-state index contributed by atoms with van der Waals surface area (Å²) in [6.45, 7) is 3.23. The van der Waals surface area contributed by atoms with Crippen molar-refractivity contribution in [2.45, 2.75) is 19.5 Å². The zero-order valence-electron chi connectivity index (χ0n) is 17.9. The molecule has 1 atom stereocenters. The van der Waals surface area contributed by atoms with E-state index in [9.17, 15) is 9.59 Å². The van der Waals surface area contributed by atoms with Crippen LogP contribution >= 0.6 is 32.1 Å². The quantitative estimate of drug-likeness (QED) is 0.207. The molecule has 0 N–H and O–H groups in total. The van der Waals surface area contributed by atoms with Crippen molar-refractivity contribution in [2.75, 3.05) is 0 Å². The third kappa shape index (κ3) is 3.51. The van der Waals surface area contributed by atoms with Crippen LogP contribution in [0, 0.1) is 0 Å². The second kappa shape index (κ2) is 8.86. The first-order valence-electron chi connectivity index (χ1n) is 10.4. The van der Waals surface area contributed by atoms with E-state index in [0.29, 0.717) is 4.88 Å². The maximum atomic E-state index is 13.6. The predicted molar refractivity (Wildman–Crippen MR) is 142 cm³/mol. The summed E-state index contributed by atoms with van der Waals surface area (Å²) in [6, 6.07) is 34.6. The van der Waals surface area contributed by atoms with E-state index in [0.717, 1.165) is 20.8 Å². The molecule has 1 aromatic heterocycles. The summed E-state index contributed by atoms with van der Waals surface area (Å²) in [6.07, 6.45) is 0. The summed E-state index contributed by atoms with van der Waals surface area (Å²) in [5.41, 5.74) is -0.480. The number of carbonyl (C=O) groups excluding carboxylic acids is 2. The Bertz CT molecular complexity index is 1150. The first-order chi connectivity index (χ1) is 15.4. The van der Waals surface area contributed by atoms with Gasteiger partial charge in [-0.15, -0.1) is 0 Å². The number of thiophene rings is 1. The number of rotatable bonds is 7. The molecule has 0 spiro atoms. The van der Waals surface area contributed by atoms with Crippen LogP contribution in [0.1, 0.15) is 34.1 Å². The van der Waals surface area contributed by atoms with E-state index in [1.807, 2.05) is 66.7 Å². The second-order valence-electron chi connectivity index (χ2n) is 7.85. The van der Waals surface area contributed by atoms with Gasteiger partial charge in [-0.1, -0.05) is 0 Å². The number of Topliss-reactive ketones (excluding diaryl/α,β-unsaturated/α-hetero) is 2. The molecular weight excluding hydrogens is 499 g/mol. The normalized spacial score (nSPS) is 13.7. The molecule has 2 nitrogen and oxygen atoms in total. The number of hydrogen-bond donors (Lipinski definition) is 0. The van der Waals surface area contributed by atoms with Gasteiger partial charge in [0.1, 0.15) is 0 Å². The molecule has 0 saturated carbocycles. The maximum absolute atomic E-state index is 13.6. The van der Waals surface area contributed by atoms with Crippen LogP contribution in [0.25, 0.3) is 0 Å². The Balaban J connectivity index is 2.20. The summed E-state index contributed by atoms with van der Waals surface area (Å²) < 4.78 is 0. The van der Waals surface area contributed by atoms with Gasteiger partial charge in [0.2, 0.25) is 0 Å². The number of ketones is 2. The Hall–Kier alpha value is -2.39. The van der Waals surface area contributed by atoms with E-state index in [-0.39, 0.29) is 11.6 Å². The Morgan fingerprint density at radius 2 is 1.09 bits per heavy atom. The molecule has 0 bridgehead atoms. The number of benzene rings is 3. The fourth-order valence-electron chi connectivity index (χ4n) is 4.52. The summed E-state index contributed by atoms with van der Waals surface area (Å²) in [5.74, 6) is 0.0747. The summed E-state index contributed by atoms with van der Waals surface area (Å²) in [7, 11) is 0. The zero-order valence-corrected chi connectivity index (χ0v) is 21.2. The molecule has 4 rings (SSSR count). The van der Waals surface area contributed by atoms with Crippen LogP contribution in [-0.2, 0) is 4.79 Å². The van der Waals surface area contributed by atoms with Crippen LogP contribution in [0.15, 0.2) is 103 Å². The zero-order chi connectivity index (χ0) is 22.8. The van der Waals surface area contributed by atoms with E-state index < -0.39 is 11.0 Å². The van der Waals surface area contributed by atoms with Gasteiger partial charge in [-0.2, -0.15) is 0 Å². The van der Waals surface area contributed by atoms with Crippen molar-refractivity contribution in [1.29, 1.82) is 0 Å². The molecule has 1 unspecified atom stereocenters. The van der Waals surface area contributed by atoms with Gasteiger partial charge in [-0.25, -0.2) is 0 Å². The Kier molecular flexibility index (Phi) is 6.31. The Labute approximate surface area is 201 Å². The molecule has 0 amide bonds. The first-order valence-corrected chi connectivity index (χ1v) is 15.5. The van der Waals surface area contributed by atoms with Crippen molar-refractivity contribution in [3.8, 4) is 0 Å². The minimum atomic E-state index is -3.54. The van der Waals surface area contributed by atoms with Gasteiger partial charge in [-0.3, -0.25) is 0 Å². The molecule has 0 aliphatic rings. The molecule has 0 radical (unpaired) electrons. The van der Waals surface area contributed by atoms with Crippen molar-refractivity contribution in [1.82, 2.24) is 0 Å². The SMILES string of the molecule is CC(=O)c1ccc(C(C(C)=O)P(Br)(c2ccccc2)(c2ccccc2)c2ccccc2)s1. The molecule has 0 aliphatic carbocycles. The molecule has 3 aromatic carbocycles. The van der Waals surface area contributed by atoms with Gasteiger partial charge in [0, 0.05) is 0 Å². The van der Waals surface area contributed by atoms with Crippen LogP contribution in [-0.4, -0.2) is 11.6 Å². The van der Waals surface area contributed by atoms with Gasteiger partial charge in [0.15, 0.2) is 0 Å². The molecule has 162 valence electrons. The van der Waals surface area contributed by atoms with E-state index >= 15 is 0 Å². The van der Waals surface area contributed by atoms with Gasteiger partial charge >= 0.3 is 202 Å². The summed E-state index contributed by atoms with van der Waals surface area (Å²) >= 11 is 5.82. The number of hydrogen-bond acceptors (Lipinski definition) is 3. The van der Waals surface area contributed by atoms with Gasteiger partial charge in [0.25, 0.3) is 0 Å². The second-order valence-corrected chi connectivity index (χ2v) is 17.6. The minimum absolute atomic E-state index is 0.0116. The van der Waals surface area contributed by atoms with Crippen molar-refractivity contribution < 1.29 is 9.59 Å². The first kappa shape index (κ1) is 22.8. The molecule has 0 aliphatic heterocycles. The molecule has 4 aromatic rings. The third-order valence-electron chi connectivity index (χ3n) is 5.90.